The van der Waals surface area contributed by atoms with Crippen LogP contribution in [0.2, 0.25) is 5.02 Å². The second-order valence-corrected chi connectivity index (χ2v) is 9.58. The molecule has 0 unspecified atom stereocenters. The van der Waals surface area contributed by atoms with Crippen molar-refractivity contribution in [1.82, 2.24) is 5.32 Å². The first kappa shape index (κ1) is 26.0. The Labute approximate surface area is 230 Å². The third kappa shape index (κ3) is 5.09. The first-order valence-corrected chi connectivity index (χ1v) is 12.6. The predicted octanol–water partition coefficient (Wildman–Crippen LogP) is 6.36. The van der Waals surface area contributed by atoms with Crippen molar-refractivity contribution in [2.75, 3.05) is 12.0 Å². The number of hydrogen-bond donors (Lipinski definition) is 1. The summed E-state index contributed by atoms with van der Waals surface area (Å²) in [5, 5.41) is 4.87. The molecule has 5 rings (SSSR count). The number of imide groups is 2. The van der Waals surface area contributed by atoms with E-state index < -0.39 is 17.8 Å². The van der Waals surface area contributed by atoms with Gasteiger partial charge >= 0.3 is 6.03 Å². The molecule has 1 N–H and O–H groups in total. The number of methoxy groups -OCH3 is 1. The molecule has 0 aliphatic carbocycles. The molecule has 4 aromatic rings. The second-order valence-electron chi connectivity index (χ2n) is 9.17. The Kier molecular flexibility index (Phi) is 7.09. The summed E-state index contributed by atoms with van der Waals surface area (Å²) < 4.78 is 11.7. The van der Waals surface area contributed by atoms with Gasteiger partial charge in [-0.05, 0) is 71.7 Å². The van der Waals surface area contributed by atoms with Gasteiger partial charge in [0.25, 0.3) is 11.8 Å². The fourth-order valence-corrected chi connectivity index (χ4v) is 4.63. The largest absolute Gasteiger partial charge is 0.493 e. The molecule has 0 bridgehead atoms. The summed E-state index contributed by atoms with van der Waals surface area (Å²) in [5.41, 5.74) is 3.57. The molecule has 1 aliphatic heterocycles. The number of anilines is 1. The molecule has 39 heavy (non-hydrogen) atoms. The van der Waals surface area contributed by atoms with Crippen LogP contribution in [0.25, 0.3) is 16.8 Å². The molecule has 7 nitrogen and oxygen atoms in total. The van der Waals surface area contributed by atoms with Crippen molar-refractivity contribution in [2.24, 2.45) is 0 Å². The monoisotopic (exact) mass is 540 g/mol. The van der Waals surface area contributed by atoms with E-state index in [1.165, 1.54) is 19.3 Å². The van der Waals surface area contributed by atoms with E-state index in [9.17, 15) is 14.4 Å². The number of fused-ring (bicyclic) bond motifs is 1. The number of barbiturate groups is 1. The quantitative estimate of drug-likeness (QED) is 0.227. The number of aryl methyl sites for hydroxylation is 2. The molecule has 4 amide bonds. The molecule has 0 atom stereocenters. The van der Waals surface area contributed by atoms with Crippen LogP contribution in [0.15, 0.2) is 78.4 Å². The SMILES string of the molecule is COc1cc(/C=C2\C(=O)NC(=O)N(c3ccc(C)c(Cl)c3)C2=O)ccc1OCc1c(C)ccc2ccccc12. The van der Waals surface area contributed by atoms with Gasteiger partial charge in [0.2, 0.25) is 0 Å². The maximum atomic E-state index is 13.2. The Morgan fingerprint density at radius 2 is 1.67 bits per heavy atom. The summed E-state index contributed by atoms with van der Waals surface area (Å²) in [4.78, 5) is 39.3. The lowest BCUT2D eigenvalue weighted by molar-refractivity contribution is -0.122. The fourth-order valence-electron chi connectivity index (χ4n) is 4.46. The summed E-state index contributed by atoms with van der Waals surface area (Å²) >= 11 is 6.20. The van der Waals surface area contributed by atoms with Crippen molar-refractivity contribution >= 4 is 52.0 Å². The van der Waals surface area contributed by atoms with Crippen LogP contribution in [0.4, 0.5) is 10.5 Å². The second kappa shape index (κ2) is 10.6. The topological polar surface area (TPSA) is 84.9 Å². The van der Waals surface area contributed by atoms with Gasteiger partial charge in [-0.15, -0.1) is 0 Å². The zero-order chi connectivity index (χ0) is 27.7. The highest BCUT2D eigenvalue weighted by Gasteiger charge is 2.37. The normalized spacial score (nSPS) is 14.6. The summed E-state index contributed by atoms with van der Waals surface area (Å²) in [6, 6.07) is 21.3. The number of amides is 4. The molecule has 0 radical (unpaired) electrons. The van der Waals surface area contributed by atoms with Gasteiger partial charge in [0.15, 0.2) is 11.5 Å². The lowest BCUT2D eigenvalue weighted by Crippen LogP contribution is -2.54. The third-order valence-electron chi connectivity index (χ3n) is 6.66. The lowest BCUT2D eigenvalue weighted by Gasteiger charge is -2.26. The third-order valence-corrected chi connectivity index (χ3v) is 7.07. The van der Waals surface area contributed by atoms with Crippen LogP contribution in [0.1, 0.15) is 22.3 Å². The molecule has 1 aliphatic rings. The Balaban J connectivity index is 1.42. The number of rotatable bonds is 6. The van der Waals surface area contributed by atoms with Gasteiger partial charge in [0, 0.05) is 10.6 Å². The van der Waals surface area contributed by atoms with Crippen LogP contribution in [0.3, 0.4) is 0 Å². The number of urea groups is 1. The first-order chi connectivity index (χ1) is 18.8. The number of ether oxygens (including phenoxy) is 2. The predicted molar refractivity (Wildman–Crippen MR) is 151 cm³/mol. The van der Waals surface area contributed by atoms with E-state index in [1.807, 2.05) is 26.0 Å². The average molecular weight is 541 g/mol. The number of benzene rings is 4. The van der Waals surface area contributed by atoms with Crippen LogP contribution in [-0.2, 0) is 16.2 Å². The Morgan fingerprint density at radius 3 is 2.44 bits per heavy atom. The van der Waals surface area contributed by atoms with E-state index in [1.54, 1.807) is 30.3 Å². The maximum absolute atomic E-state index is 13.2. The van der Waals surface area contributed by atoms with Crippen molar-refractivity contribution in [2.45, 2.75) is 20.5 Å². The number of hydrogen-bond acceptors (Lipinski definition) is 5. The van der Waals surface area contributed by atoms with Gasteiger partial charge in [-0.25, -0.2) is 9.69 Å². The highest BCUT2D eigenvalue weighted by atomic mass is 35.5. The number of carbonyl (C=O) groups is 3. The van der Waals surface area contributed by atoms with Crippen LogP contribution >= 0.6 is 11.6 Å². The Bertz CT molecular complexity index is 1680. The Morgan fingerprint density at radius 1 is 0.897 bits per heavy atom. The smallest absolute Gasteiger partial charge is 0.335 e. The zero-order valence-corrected chi connectivity index (χ0v) is 22.3. The zero-order valence-electron chi connectivity index (χ0n) is 21.6. The van der Waals surface area contributed by atoms with Crippen molar-refractivity contribution < 1.29 is 23.9 Å². The minimum absolute atomic E-state index is 0.201. The van der Waals surface area contributed by atoms with Gasteiger partial charge in [-0.3, -0.25) is 14.9 Å². The minimum Gasteiger partial charge on any atom is -0.493 e. The number of carbonyl (C=O) groups excluding carboxylic acids is 3. The van der Waals surface area contributed by atoms with E-state index in [-0.39, 0.29) is 11.3 Å². The minimum atomic E-state index is -0.841. The molecule has 0 aromatic heterocycles. The summed E-state index contributed by atoms with van der Waals surface area (Å²) in [5.74, 6) is -0.596. The van der Waals surface area contributed by atoms with Crippen molar-refractivity contribution in [3.63, 3.8) is 0 Å². The highest BCUT2D eigenvalue weighted by molar-refractivity contribution is 6.39. The number of nitrogens with zero attached hydrogens (tertiary/aromatic N) is 1. The molecule has 0 spiro atoms. The highest BCUT2D eigenvalue weighted by Crippen LogP contribution is 2.32. The average Bonchev–Trinajstić information content (AvgIpc) is 2.92. The molecule has 0 saturated carbocycles. The van der Waals surface area contributed by atoms with E-state index in [2.05, 4.69) is 29.6 Å². The lowest BCUT2D eigenvalue weighted by atomic mass is 10.0. The molecule has 4 aromatic carbocycles. The standard InChI is InChI=1S/C31H25ClN2O5/c1-18-8-11-21-6-4-5-7-23(21)25(18)17-39-27-13-10-20(15-28(27)38-3)14-24-29(35)33-31(37)34(30(24)36)22-12-9-19(2)26(32)16-22/h4-16H,17H2,1-3H3,(H,33,35,37)/b24-14+. The van der Waals surface area contributed by atoms with Crippen LogP contribution in [0.5, 0.6) is 11.5 Å². The first-order valence-electron chi connectivity index (χ1n) is 12.2. The van der Waals surface area contributed by atoms with Crippen LogP contribution < -0.4 is 19.7 Å². The van der Waals surface area contributed by atoms with Gasteiger partial charge in [-0.1, -0.05) is 60.1 Å². The summed E-state index contributed by atoms with van der Waals surface area (Å²) in [7, 11) is 1.52. The molecule has 1 heterocycles. The van der Waals surface area contributed by atoms with E-state index in [0.29, 0.717) is 28.7 Å². The molecular formula is C31H25ClN2O5. The van der Waals surface area contributed by atoms with Gasteiger partial charge in [0.1, 0.15) is 12.2 Å². The molecule has 196 valence electrons. The Hall–Kier alpha value is -4.62. The molecular weight excluding hydrogens is 516 g/mol. The van der Waals surface area contributed by atoms with Crippen molar-refractivity contribution in [1.29, 1.82) is 0 Å². The number of nitrogens with one attached hydrogen (secondary N) is 1. The van der Waals surface area contributed by atoms with E-state index in [4.69, 9.17) is 21.1 Å². The maximum Gasteiger partial charge on any atom is 0.335 e. The van der Waals surface area contributed by atoms with Crippen LogP contribution in [-0.4, -0.2) is 25.0 Å². The van der Waals surface area contributed by atoms with Gasteiger partial charge in [-0.2, -0.15) is 0 Å². The van der Waals surface area contributed by atoms with Crippen molar-refractivity contribution in [3.8, 4) is 11.5 Å². The fraction of sp³-hybridized carbons (Fsp3) is 0.129. The number of halogens is 1. The van der Waals surface area contributed by atoms with Gasteiger partial charge in [0.05, 0.1) is 12.8 Å². The van der Waals surface area contributed by atoms with Gasteiger partial charge < -0.3 is 9.47 Å². The summed E-state index contributed by atoms with van der Waals surface area (Å²) in [6.07, 6.45) is 1.41. The molecule has 1 fully saturated rings. The molecule has 1 saturated heterocycles. The summed E-state index contributed by atoms with van der Waals surface area (Å²) in [6.45, 7) is 4.19. The van der Waals surface area contributed by atoms with E-state index >= 15 is 0 Å². The van der Waals surface area contributed by atoms with E-state index in [0.717, 1.165) is 32.4 Å². The molecule has 8 heteroatoms. The van der Waals surface area contributed by atoms with Crippen molar-refractivity contribution in [3.05, 3.63) is 106 Å². The van der Waals surface area contributed by atoms with Crippen LogP contribution in [0, 0.1) is 13.8 Å².